The van der Waals surface area contributed by atoms with Gasteiger partial charge in [0.05, 0.1) is 18.7 Å². The van der Waals surface area contributed by atoms with E-state index in [-0.39, 0.29) is 30.5 Å². The summed E-state index contributed by atoms with van der Waals surface area (Å²) >= 11 is 1.00. The third kappa shape index (κ3) is 7.25. The van der Waals surface area contributed by atoms with E-state index >= 15 is 0 Å². The van der Waals surface area contributed by atoms with Gasteiger partial charge in [-0.1, -0.05) is 48.5 Å². The van der Waals surface area contributed by atoms with Gasteiger partial charge in [0.1, 0.15) is 11.6 Å². The lowest BCUT2D eigenvalue weighted by atomic mass is 10.2. The number of carbonyl (C=O) groups is 3. The Morgan fingerprint density at radius 2 is 1.69 bits per heavy atom. The van der Waals surface area contributed by atoms with Gasteiger partial charge in [-0.2, -0.15) is 0 Å². The van der Waals surface area contributed by atoms with Gasteiger partial charge in [-0.25, -0.2) is 14.8 Å². The number of allylic oxidation sites excluding steroid dienone is 1. The fraction of sp³-hybridized carbons (Fsp3) is 0.192. The zero-order valence-electron chi connectivity index (χ0n) is 19.5. The molecular formula is C26H26N4O4S. The van der Waals surface area contributed by atoms with E-state index in [9.17, 15) is 14.4 Å². The number of hydrogen-bond donors (Lipinski definition) is 1. The number of amides is 1. The first-order valence-electron chi connectivity index (χ1n) is 10.9. The van der Waals surface area contributed by atoms with E-state index in [2.05, 4.69) is 9.97 Å². The molecule has 0 saturated carbocycles. The van der Waals surface area contributed by atoms with Crippen LogP contribution >= 0.6 is 11.8 Å². The normalized spacial score (nSPS) is 11.4. The lowest BCUT2D eigenvalue weighted by Gasteiger charge is -2.22. The summed E-state index contributed by atoms with van der Waals surface area (Å²) in [5.74, 6) is 0.350. The molecule has 180 valence electrons. The van der Waals surface area contributed by atoms with Gasteiger partial charge < -0.3 is 15.4 Å². The fourth-order valence-corrected chi connectivity index (χ4v) is 4.09. The van der Waals surface area contributed by atoms with Crippen LogP contribution < -0.4 is 5.73 Å². The fourth-order valence-electron chi connectivity index (χ4n) is 3.16. The number of aromatic nitrogens is 2. The molecule has 2 N–H and O–H groups in total. The van der Waals surface area contributed by atoms with Crippen LogP contribution in [0.4, 0.5) is 5.82 Å². The average Bonchev–Trinajstić information content (AvgIpc) is 2.88. The van der Waals surface area contributed by atoms with Crippen LogP contribution in [0.15, 0.2) is 77.5 Å². The highest BCUT2D eigenvalue weighted by atomic mass is 32.2. The molecule has 9 heteroatoms. The number of nitrogens with zero attached hydrogens (tertiary/aromatic N) is 3. The van der Waals surface area contributed by atoms with Crippen LogP contribution in [0, 0.1) is 6.92 Å². The molecule has 0 saturated heterocycles. The van der Waals surface area contributed by atoms with E-state index in [1.54, 1.807) is 68.6 Å². The molecule has 0 bridgehead atoms. The first kappa shape index (κ1) is 25.6. The van der Waals surface area contributed by atoms with E-state index in [1.165, 1.54) is 4.90 Å². The minimum atomic E-state index is -0.459. The minimum absolute atomic E-state index is 0.0396. The highest BCUT2D eigenvalue weighted by Gasteiger charge is 2.18. The van der Waals surface area contributed by atoms with E-state index in [1.807, 2.05) is 12.1 Å². The smallest absolute Gasteiger partial charge is 0.338 e. The van der Waals surface area contributed by atoms with Crippen molar-refractivity contribution in [3.8, 4) is 0 Å². The van der Waals surface area contributed by atoms with Gasteiger partial charge in [-0.3, -0.25) is 9.59 Å². The van der Waals surface area contributed by atoms with Gasteiger partial charge in [0.2, 0.25) is 11.5 Å². The van der Waals surface area contributed by atoms with E-state index < -0.39 is 5.97 Å². The molecule has 0 aliphatic carbocycles. The van der Waals surface area contributed by atoms with Crippen molar-refractivity contribution in [2.45, 2.75) is 26.8 Å². The molecule has 1 aromatic heterocycles. The van der Waals surface area contributed by atoms with Crippen LogP contribution in [0.1, 0.15) is 45.4 Å². The number of anilines is 1. The Morgan fingerprint density at radius 3 is 2.29 bits per heavy atom. The lowest BCUT2D eigenvalue weighted by molar-refractivity contribution is -0.116. The zero-order valence-corrected chi connectivity index (χ0v) is 20.3. The second-order valence-corrected chi connectivity index (χ2v) is 8.64. The summed E-state index contributed by atoms with van der Waals surface area (Å²) in [5, 5.41) is -0.182. The number of aryl methyl sites for hydroxylation is 1. The molecule has 0 unspecified atom stereocenters. The van der Waals surface area contributed by atoms with Gasteiger partial charge in [0.25, 0.3) is 0 Å². The SMILES string of the molecule is C/C(=C(/CCOC(=O)c1ccccc1)SC(=O)c1ccccc1)N(C=O)Cc1cnc(C)nc1N. The number of hydrogen-bond acceptors (Lipinski definition) is 8. The van der Waals surface area contributed by atoms with Crippen molar-refractivity contribution in [2.75, 3.05) is 12.3 Å². The van der Waals surface area contributed by atoms with Gasteiger partial charge in [0.15, 0.2) is 0 Å². The molecule has 3 rings (SSSR count). The van der Waals surface area contributed by atoms with Crippen molar-refractivity contribution in [1.29, 1.82) is 0 Å². The summed E-state index contributed by atoms with van der Waals surface area (Å²) in [7, 11) is 0. The first-order valence-corrected chi connectivity index (χ1v) is 11.7. The Morgan fingerprint density at radius 1 is 1.06 bits per heavy atom. The van der Waals surface area contributed by atoms with E-state index in [0.717, 1.165) is 11.8 Å². The first-order chi connectivity index (χ1) is 16.9. The van der Waals surface area contributed by atoms with Crippen molar-refractivity contribution < 1.29 is 19.1 Å². The van der Waals surface area contributed by atoms with Crippen molar-refractivity contribution in [3.05, 3.63) is 100.0 Å². The van der Waals surface area contributed by atoms with Crippen molar-refractivity contribution in [3.63, 3.8) is 0 Å². The number of carbonyl (C=O) groups excluding carboxylic acids is 3. The summed E-state index contributed by atoms with van der Waals surface area (Å²) in [6.07, 6.45) is 2.49. The predicted octanol–water partition coefficient (Wildman–Crippen LogP) is 4.38. The Bertz CT molecular complexity index is 1220. The maximum absolute atomic E-state index is 12.9. The molecule has 0 atom stereocenters. The molecule has 1 amide bonds. The Hall–Kier alpha value is -3.98. The number of nitrogens with two attached hydrogens (primary N) is 1. The van der Waals surface area contributed by atoms with Gasteiger partial charge in [-0.05, 0) is 37.7 Å². The van der Waals surface area contributed by atoms with Crippen molar-refractivity contribution in [1.82, 2.24) is 14.9 Å². The Kier molecular flexibility index (Phi) is 9.14. The largest absolute Gasteiger partial charge is 0.462 e. The number of nitrogen functional groups attached to an aromatic ring is 1. The highest BCUT2D eigenvalue weighted by Crippen LogP contribution is 2.29. The number of rotatable bonds is 10. The van der Waals surface area contributed by atoms with E-state index in [0.29, 0.717) is 39.5 Å². The standard InChI is InChI=1S/C26H26N4O4S/c1-18(30(17-31)16-22-15-28-19(2)29-24(22)27)23(35-26(33)21-11-7-4-8-12-21)13-14-34-25(32)20-9-5-3-6-10-20/h3-12,15,17H,13-14,16H2,1-2H3,(H2,27,28,29)/b23-18+. The van der Waals surface area contributed by atoms with Crippen molar-refractivity contribution >= 4 is 35.1 Å². The quantitative estimate of drug-likeness (QED) is 0.329. The van der Waals surface area contributed by atoms with Crippen LogP contribution in [-0.4, -0.2) is 39.0 Å². The number of ether oxygens (including phenoxy) is 1. The second-order valence-electron chi connectivity index (χ2n) is 7.58. The van der Waals surface area contributed by atoms with Crippen LogP contribution in [0.2, 0.25) is 0 Å². The molecule has 0 spiro atoms. The van der Waals surface area contributed by atoms with Crippen LogP contribution in [0.25, 0.3) is 0 Å². The molecule has 2 aromatic carbocycles. The monoisotopic (exact) mass is 490 g/mol. The van der Waals surface area contributed by atoms with Gasteiger partial charge >= 0.3 is 5.97 Å². The molecule has 1 heterocycles. The van der Waals surface area contributed by atoms with Crippen LogP contribution in [0.3, 0.4) is 0 Å². The Balaban J connectivity index is 1.81. The van der Waals surface area contributed by atoms with Crippen LogP contribution in [-0.2, 0) is 16.1 Å². The zero-order chi connectivity index (χ0) is 25.2. The number of benzene rings is 2. The highest BCUT2D eigenvalue weighted by molar-refractivity contribution is 8.17. The molecule has 8 nitrogen and oxygen atoms in total. The minimum Gasteiger partial charge on any atom is -0.462 e. The molecule has 35 heavy (non-hydrogen) atoms. The van der Waals surface area contributed by atoms with E-state index in [4.69, 9.17) is 10.5 Å². The van der Waals surface area contributed by atoms with Crippen LogP contribution in [0.5, 0.6) is 0 Å². The number of thioether (sulfide) groups is 1. The van der Waals surface area contributed by atoms with Crippen molar-refractivity contribution in [2.24, 2.45) is 0 Å². The summed E-state index contributed by atoms with van der Waals surface area (Å²) in [5.41, 5.74) is 8.09. The molecule has 0 radical (unpaired) electrons. The molecule has 0 aliphatic rings. The third-order valence-corrected chi connectivity index (χ3v) is 6.28. The lowest BCUT2D eigenvalue weighted by Crippen LogP contribution is -2.22. The predicted molar refractivity (Wildman–Crippen MR) is 135 cm³/mol. The molecule has 3 aromatic rings. The molecular weight excluding hydrogens is 464 g/mol. The maximum Gasteiger partial charge on any atom is 0.338 e. The summed E-state index contributed by atoms with van der Waals surface area (Å²) in [6, 6.07) is 17.5. The third-order valence-electron chi connectivity index (χ3n) is 5.12. The summed E-state index contributed by atoms with van der Waals surface area (Å²) < 4.78 is 5.42. The summed E-state index contributed by atoms with van der Waals surface area (Å²) in [4.78, 5) is 47.6. The molecule has 0 aliphatic heterocycles. The average molecular weight is 491 g/mol. The van der Waals surface area contributed by atoms with Gasteiger partial charge in [0, 0.05) is 34.3 Å². The summed E-state index contributed by atoms with van der Waals surface area (Å²) in [6.45, 7) is 3.63. The maximum atomic E-state index is 12.9. The van der Waals surface area contributed by atoms with Gasteiger partial charge in [-0.15, -0.1) is 0 Å². The number of esters is 1. The topological polar surface area (TPSA) is 115 Å². The molecule has 0 fully saturated rings. The second kappa shape index (κ2) is 12.5. The Labute approximate surface area is 208 Å².